The van der Waals surface area contributed by atoms with Crippen LogP contribution in [-0.4, -0.2) is 26.2 Å². The van der Waals surface area contributed by atoms with Gasteiger partial charge in [0.1, 0.15) is 0 Å². The van der Waals surface area contributed by atoms with E-state index in [1.165, 1.54) is 0 Å². The highest BCUT2D eigenvalue weighted by atomic mass is 16.5. The molecule has 0 aliphatic carbocycles. The number of methoxy groups -OCH3 is 2. The van der Waals surface area contributed by atoms with E-state index in [4.69, 9.17) is 15.2 Å². The highest BCUT2D eigenvalue weighted by molar-refractivity contribution is 5.94. The molecule has 0 saturated carbocycles. The van der Waals surface area contributed by atoms with Crippen molar-refractivity contribution in [3.05, 3.63) is 42.0 Å². The van der Waals surface area contributed by atoms with Gasteiger partial charge in [0.25, 0.3) is 0 Å². The SMILES string of the molecule is COc1ccc(-c2ccc3c(c2)[C@H](N)C[C@H](C)N3C(C)=O)cc1OC. The number of hydrogen-bond donors (Lipinski definition) is 1. The number of nitrogens with two attached hydrogens (primary N) is 1. The van der Waals surface area contributed by atoms with E-state index in [9.17, 15) is 4.79 Å². The summed E-state index contributed by atoms with van der Waals surface area (Å²) in [6, 6.07) is 11.9. The van der Waals surface area contributed by atoms with Gasteiger partial charge < -0.3 is 20.1 Å². The van der Waals surface area contributed by atoms with Crippen molar-refractivity contribution < 1.29 is 14.3 Å². The fourth-order valence-electron chi connectivity index (χ4n) is 3.58. The highest BCUT2D eigenvalue weighted by Gasteiger charge is 2.30. The first kappa shape index (κ1) is 17.3. The lowest BCUT2D eigenvalue weighted by Crippen LogP contribution is -2.43. The summed E-state index contributed by atoms with van der Waals surface area (Å²) < 4.78 is 10.7. The van der Waals surface area contributed by atoms with Crippen molar-refractivity contribution in [2.24, 2.45) is 5.73 Å². The van der Waals surface area contributed by atoms with E-state index in [-0.39, 0.29) is 18.0 Å². The summed E-state index contributed by atoms with van der Waals surface area (Å²) in [5.41, 5.74) is 10.3. The van der Waals surface area contributed by atoms with Crippen LogP contribution in [0.1, 0.15) is 31.9 Å². The molecule has 0 spiro atoms. The zero-order valence-electron chi connectivity index (χ0n) is 15.1. The Morgan fingerprint density at radius 2 is 1.72 bits per heavy atom. The van der Waals surface area contributed by atoms with Gasteiger partial charge in [-0.3, -0.25) is 4.79 Å². The molecule has 0 bridgehead atoms. The first-order chi connectivity index (χ1) is 12.0. The van der Waals surface area contributed by atoms with Gasteiger partial charge in [0.05, 0.1) is 14.2 Å². The van der Waals surface area contributed by atoms with E-state index >= 15 is 0 Å². The topological polar surface area (TPSA) is 64.8 Å². The number of anilines is 1. The number of rotatable bonds is 3. The summed E-state index contributed by atoms with van der Waals surface area (Å²) in [7, 11) is 3.24. The Balaban J connectivity index is 2.07. The minimum absolute atomic E-state index is 0.0412. The summed E-state index contributed by atoms with van der Waals surface area (Å²) in [5.74, 6) is 1.41. The molecule has 2 N–H and O–H groups in total. The van der Waals surface area contributed by atoms with Crippen molar-refractivity contribution in [3.63, 3.8) is 0 Å². The maximum absolute atomic E-state index is 12.0. The van der Waals surface area contributed by atoms with Crippen LogP contribution in [0.5, 0.6) is 11.5 Å². The molecule has 5 nitrogen and oxygen atoms in total. The molecule has 0 unspecified atom stereocenters. The van der Waals surface area contributed by atoms with Crippen molar-refractivity contribution in [3.8, 4) is 22.6 Å². The Hall–Kier alpha value is -2.53. The largest absolute Gasteiger partial charge is 0.493 e. The second-order valence-corrected chi connectivity index (χ2v) is 6.42. The molecule has 0 radical (unpaired) electrons. The monoisotopic (exact) mass is 340 g/mol. The Labute approximate surface area is 148 Å². The van der Waals surface area contributed by atoms with E-state index in [2.05, 4.69) is 6.07 Å². The standard InChI is InChI=1S/C20H24N2O3/c1-12-9-17(21)16-10-14(5-7-18(16)22(12)13(2)23)15-6-8-19(24-3)20(11-15)25-4/h5-8,10-12,17H,9,21H2,1-4H3/t12-,17+/m0/s1. The number of carbonyl (C=O) groups is 1. The van der Waals surface area contributed by atoms with E-state index < -0.39 is 0 Å². The Morgan fingerprint density at radius 1 is 1.08 bits per heavy atom. The summed E-state index contributed by atoms with van der Waals surface area (Å²) in [5, 5.41) is 0. The number of ether oxygens (including phenoxy) is 2. The molecule has 1 heterocycles. The van der Waals surface area contributed by atoms with Crippen molar-refractivity contribution in [1.82, 2.24) is 0 Å². The minimum atomic E-state index is -0.0827. The molecule has 2 aromatic carbocycles. The van der Waals surface area contributed by atoms with Gasteiger partial charge in [0, 0.05) is 24.7 Å². The van der Waals surface area contributed by atoms with E-state index in [0.29, 0.717) is 11.5 Å². The van der Waals surface area contributed by atoms with Crippen molar-refractivity contribution in [2.45, 2.75) is 32.4 Å². The Morgan fingerprint density at radius 3 is 2.36 bits per heavy atom. The first-order valence-electron chi connectivity index (χ1n) is 8.38. The molecule has 1 aliphatic heterocycles. The quantitative estimate of drug-likeness (QED) is 0.928. The van der Waals surface area contributed by atoms with Crippen LogP contribution >= 0.6 is 0 Å². The number of hydrogen-bond acceptors (Lipinski definition) is 4. The van der Waals surface area contributed by atoms with Crippen LogP contribution in [-0.2, 0) is 4.79 Å². The summed E-state index contributed by atoms with van der Waals surface area (Å²) in [4.78, 5) is 13.9. The van der Waals surface area contributed by atoms with E-state index in [1.807, 2.05) is 42.2 Å². The number of benzene rings is 2. The van der Waals surface area contributed by atoms with Gasteiger partial charge in [-0.2, -0.15) is 0 Å². The molecule has 2 atom stereocenters. The van der Waals surface area contributed by atoms with E-state index in [1.54, 1.807) is 21.1 Å². The third-order valence-corrected chi connectivity index (χ3v) is 4.78. The smallest absolute Gasteiger partial charge is 0.224 e. The third-order valence-electron chi connectivity index (χ3n) is 4.78. The van der Waals surface area contributed by atoms with Crippen LogP contribution in [0.2, 0.25) is 0 Å². The van der Waals surface area contributed by atoms with Crippen molar-refractivity contribution >= 4 is 11.6 Å². The Kier molecular flexibility index (Phi) is 4.68. The lowest BCUT2D eigenvalue weighted by molar-refractivity contribution is -0.117. The minimum Gasteiger partial charge on any atom is -0.493 e. The maximum Gasteiger partial charge on any atom is 0.224 e. The fourth-order valence-corrected chi connectivity index (χ4v) is 3.58. The predicted octanol–water partition coefficient (Wildman–Crippen LogP) is 3.52. The molecule has 132 valence electrons. The molecule has 2 aromatic rings. The second kappa shape index (κ2) is 6.76. The number of carbonyl (C=O) groups excluding carboxylic acids is 1. The molecule has 0 saturated heterocycles. The average Bonchev–Trinajstić information content (AvgIpc) is 2.60. The molecule has 1 amide bonds. The van der Waals surface area contributed by atoms with Crippen LogP contribution in [0.4, 0.5) is 5.69 Å². The average molecular weight is 340 g/mol. The zero-order chi connectivity index (χ0) is 18.1. The van der Waals surface area contributed by atoms with Crippen LogP contribution in [0.3, 0.4) is 0 Å². The Bertz CT molecular complexity index is 804. The van der Waals surface area contributed by atoms with Gasteiger partial charge in [0.15, 0.2) is 11.5 Å². The highest BCUT2D eigenvalue weighted by Crippen LogP contribution is 2.39. The lowest BCUT2D eigenvalue weighted by Gasteiger charge is -2.38. The normalized spacial score (nSPS) is 19.3. The molecular formula is C20H24N2O3. The molecule has 25 heavy (non-hydrogen) atoms. The van der Waals surface area contributed by atoms with Gasteiger partial charge in [0.2, 0.25) is 5.91 Å². The molecular weight excluding hydrogens is 316 g/mol. The fraction of sp³-hybridized carbons (Fsp3) is 0.350. The first-order valence-corrected chi connectivity index (χ1v) is 8.38. The summed E-state index contributed by atoms with van der Waals surface area (Å²) in [6.07, 6.45) is 0.752. The molecule has 3 rings (SSSR count). The van der Waals surface area contributed by atoms with Gasteiger partial charge >= 0.3 is 0 Å². The summed E-state index contributed by atoms with van der Waals surface area (Å²) >= 11 is 0. The molecule has 1 aliphatic rings. The molecule has 0 aromatic heterocycles. The molecule has 0 fully saturated rings. The van der Waals surface area contributed by atoms with Gasteiger partial charge in [-0.25, -0.2) is 0 Å². The lowest BCUT2D eigenvalue weighted by atomic mass is 9.89. The van der Waals surface area contributed by atoms with Crippen molar-refractivity contribution in [2.75, 3.05) is 19.1 Å². The maximum atomic E-state index is 12.0. The summed E-state index contributed by atoms with van der Waals surface area (Å²) in [6.45, 7) is 3.63. The zero-order valence-corrected chi connectivity index (χ0v) is 15.1. The number of nitrogens with zero attached hydrogens (tertiary/aromatic N) is 1. The van der Waals surface area contributed by atoms with Gasteiger partial charge in [-0.05, 0) is 54.3 Å². The van der Waals surface area contributed by atoms with Crippen LogP contribution in [0.15, 0.2) is 36.4 Å². The number of amides is 1. The van der Waals surface area contributed by atoms with Gasteiger partial charge in [-0.15, -0.1) is 0 Å². The van der Waals surface area contributed by atoms with Gasteiger partial charge in [-0.1, -0.05) is 12.1 Å². The molecule has 5 heteroatoms. The van der Waals surface area contributed by atoms with Crippen molar-refractivity contribution in [1.29, 1.82) is 0 Å². The van der Waals surface area contributed by atoms with Crippen LogP contribution < -0.4 is 20.1 Å². The van der Waals surface area contributed by atoms with E-state index in [0.717, 1.165) is 28.8 Å². The third kappa shape index (κ3) is 3.07. The predicted molar refractivity (Wildman–Crippen MR) is 99.1 cm³/mol. The van der Waals surface area contributed by atoms with Crippen LogP contribution in [0, 0.1) is 0 Å². The second-order valence-electron chi connectivity index (χ2n) is 6.42. The number of fused-ring (bicyclic) bond motifs is 1. The van der Waals surface area contributed by atoms with Crippen LogP contribution in [0.25, 0.3) is 11.1 Å².